The summed E-state index contributed by atoms with van der Waals surface area (Å²) in [5.74, 6) is 2.02. The van der Waals surface area contributed by atoms with Crippen molar-refractivity contribution in [2.45, 2.75) is 32.0 Å². The number of aliphatic imine (C=N–C) groups is 1. The van der Waals surface area contributed by atoms with Crippen molar-refractivity contribution in [3.63, 3.8) is 0 Å². The molecule has 0 amide bonds. The smallest absolute Gasteiger partial charge is 0.191 e. The van der Waals surface area contributed by atoms with Crippen molar-refractivity contribution in [3.05, 3.63) is 35.9 Å². The maximum atomic E-state index is 4.32. The van der Waals surface area contributed by atoms with Crippen LogP contribution in [-0.2, 0) is 6.54 Å². The van der Waals surface area contributed by atoms with Gasteiger partial charge in [0.15, 0.2) is 5.96 Å². The number of nitrogens with zero attached hydrogens (tertiary/aromatic N) is 2. The van der Waals surface area contributed by atoms with Crippen molar-refractivity contribution in [1.29, 1.82) is 0 Å². The van der Waals surface area contributed by atoms with Crippen molar-refractivity contribution in [2.75, 3.05) is 32.1 Å². The second-order valence-corrected chi connectivity index (χ2v) is 6.82. The van der Waals surface area contributed by atoms with Gasteiger partial charge >= 0.3 is 0 Å². The summed E-state index contributed by atoms with van der Waals surface area (Å²) in [4.78, 5) is 6.87. The average molecular weight is 448 g/mol. The van der Waals surface area contributed by atoms with Gasteiger partial charge in [0.05, 0.1) is 0 Å². The molecule has 2 atom stereocenters. The first-order chi connectivity index (χ1) is 10.7. The number of hydrogen-bond donors (Lipinski definition) is 2. The second kappa shape index (κ2) is 11.1. The van der Waals surface area contributed by atoms with E-state index in [4.69, 9.17) is 0 Å². The Labute approximate surface area is 161 Å². The molecule has 130 valence electrons. The molecule has 1 saturated heterocycles. The van der Waals surface area contributed by atoms with E-state index in [9.17, 15) is 0 Å². The van der Waals surface area contributed by atoms with Crippen molar-refractivity contribution >= 4 is 41.7 Å². The van der Waals surface area contributed by atoms with Gasteiger partial charge in [-0.15, -0.1) is 24.0 Å². The molecule has 1 heterocycles. The minimum atomic E-state index is 0. The number of halogens is 1. The summed E-state index contributed by atoms with van der Waals surface area (Å²) in [5.41, 5.74) is 1.39. The largest absolute Gasteiger partial charge is 0.356 e. The summed E-state index contributed by atoms with van der Waals surface area (Å²) < 4.78 is 0. The van der Waals surface area contributed by atoms with E-state index < -0.39 is 0 Å². The van der Waals surface area contributed by atoms with Crippen LogP contribution in [0.2, 0.25) is 0 Å². The third kappa shape index (κ3) is 6.89. The first-order valence-corrected chi connectivity index (χ1v) is 9.36. The van der Waals surface area contributed by atoms with Crippen molar-refractivity contribution in [3.8, 4) is 0 Å². The Hall–Kier alpha value is -0.470. The fourth-order valence-corrected chi connectivity index (χ4v) is 3.21. The Morgan fingerprint density at radius 2 is 2.09 bits per heavy atom. The van der Waals surface area contributed by atoms with Crippen LogP contribution in [0, 0.1) is 0 Å². The molecule has 2 rings (SSSR count). The maximum absolute atomic E-state index is 4.32. The van der Waals surface area contributed by atoms with Crippen molar-refractivity contribution in [2.24, 2.45) is 4.99 Å². The summed E-state index contributed by atoms with van der Waals surface area (Å²) in [6, 6.07) is 11.8. The zero-order valence-corrected chi connectivity index (χ0v) is 17.4. The van der Waals surface area contributed by atoms with Crippen LogP contribution >= 0.6 is 35.7 Å². The van der Waals surface area contributed by atoms with Gasteiger partial charge in [0.2, 0.25) is 0 Å². The Morgan fingerprint density at radius 1 is 1.35 bits per heavy atom. The molecule has 0 saturated carbocycles. The molecule has 2 unspecified atom stereocenters. The molecular formula is C17H29IN4S. The molecule has 1 aliphatic rings. The molecule has 2 N–H and O–H groups in total. The summed E-state index contributed by atoms with van der Waals surface area (Å²) >= 11 is 1.85. The fourth-order valence-electron chi connectivity index (χ4n) is 2.90. The first kappa shape index (κ1) is 20.6. The molecule has 0 spiro atoms. The van der Waals surface area contributed by atoms with Crippen molar-refractivity contribution in [1.82, 2.24) is 15.5 Å². The Kier molecular flexibility index (Phi) is 9.97. The van der Waals surface area contributed by atoms with Gasteiger partial charge in [0, 0.05) is 44.5 Å². The number of guanidine groups is 1. The SMILES string of the molecule is CN=C(NCCSC)NC1CC(C)N(Cc2ccccc2)C1.I. The highest BCUT2D eigenvalue weighted by Gasteiger charge is 2.29. The Bertz CT molecular complexity index is 469. The molecule has 0 bridgehead atoms. The molecule has 0 aliphatic carbocycles. The zero-order chi connectivity index (χ0) is 15.8. The van der Waals surface area contributed by atoms with Gasteiger partial charge in [-0.25, -0.2) is 0 Å². The third-order valence-electron chi connectivity index (χ3n) is 4.10. The number of hydrogen-bond acceptors (Lipinski definition) is 3. The van der Waals surface area contributed by atoms with E-state index in [0.717, 1.165) is 37.8 Å². The molecule has 1 aliphatic heterocycles. The van der Waals surface area contributed by atoms with E-state index in [1.165, 1.54) is 5.56 Å². The highest BCUT2D eigenvalue weighted by molar-refractivity contribution is 14.0. The lowest BCUT2D eigenvalue weighted by atomic mass is 10.2. The van der Waals surface area contributed by atoms with Gasteiger partial charge < -0.3 is 10.6 Å². The minimum absolute atomic E-state index is 0. The molecule has 0 aromatic heterocycles. The molecule has 1 aromatic rings. The lowest BCUT2D eigenvalue weighted by Gasteiger charge is -2.21. The van der Waals surface area contributed by atoms with Gasteiger partial charge in [-0.3, -0.25) is 9.89 Å². The summed E-state index contributed by atoms with van der Waals surface area (Å²) in [6.45, 7) is 5.36. The molecule has 6 heteroatoms. The minimum Gasteiger partial charge on any atom is -0.356 e. The van der Waals surface area contributed by atoms with Crippen molar-refractivity contribution < 1.29 is 0 Å². The van der Waals surface area contributed by atoms with E-state index in [-0.39, 0.29) is 24.0 Å². The number of likely N-dealkylation sites (tertiary alicyclic amines) is 1. The molecule has 1 fully saturated rings. The van der Waals surface area contributed by atoms with Gasteiger partial charge in [0.25, 0.3) is 0 Å². The molecule has 23 heavy (non-hydrogen) atoms. The van der Waals surface area contributed by atoms with E-state index in [1.807, 2.05) is 18.8 Å². The van der Waals surface area contributed by atoms with E-state index >= 15 is 0 Å². The van der Waals surface area contributed by atoms with E-state index in [2.05, 4.69) is 64.0 Å². The normalized spacial score (nSPS) is 21.8. The second-order valence-electron chi connectivity index (χ2n) is 5.83. The molecule has 4 nitrogen and oxygen atoms in total. The Balaban J connectivity index is 0.00000264. The third-order valence-corrected chi connectivity index (χ3v) is 4.71. The zero-order valence-electron chi connectivity index (χ0n) is 14.3. The number of rotatable bonds is 6. The quantitative estimate of drug-likeness (QED) is 0.304. The topological polar surface area (TPSA) is 39.7 Å². The monoisotopic (exact) mass is 448 g/mol. The van der Waals surface area contributed by atoms with Crippen LogP contribution in [0.1, 0.15) is 18.9 Å². The number of benzene rings is 1. The predicted octanol–water partition coefficient (Wildman–Crippen LogP) is 2.80. The standard InChI is InChI=1S/C17H28N4S.HI/c1-14-11-16(20-17(18-2)19-9-10-22-3)13-21(14)12-15-7-5-4-6-8-15;/h4-8,14,16H,9-13H2,1-3H3,(H2,18,19,20);1H. The van der Waals surface area contributed by atoms with Crippen LogP contribution in [0.5, 0.6) is 0 Å². The molecule has 0 radical (unpaired) electrons. The highest BCUT2D eigenvalue weighted by Crippen LogP contribution is 2.20. The van der Waals surface area contributed by atoms with E-state index in [0.29, 0.717) is 12.1 Å². The maximum Gasteiger partial charge on any atom is 0.191 e. The van der Waals surface area contributed by atoms with Gasteiger partial charge in [-0.2, -0.15) is 11.8 Å². The molecular weight excluding hydrogens is 419 g/mol. The predicted molar refractivity (Wildman–Crippen MR) is 113 cm³/mol. The lowest BCUT2D eigenvalue weighted by molar-refractivity contribution is 0.258. The van der Waals surface area contributed by atoms with Crippen LogP contribution in [0.25, 0.3) is 0 Å². The van der Waals surface area contributed by atoms with Gasteiger partial charge in [-0.05, 0) is 25.2 Å². The highest BCUT2D eigenvalue weighted by atomic mass is 127. The fraction of sp³-hybridized carbons (Fsp3) is 0.588. The summed E-state index contributed by atoms with van der Waals surface area (Å²) in [6.07, 6.45) is 3.29. The number of nitrogens with one attached hydrogen (secondary N) is 2. The molecule has 1 aromatic carbocycles. The van der Waals surface area contributed by atoms with E-state index in [1.54, 1.807) is 0 Å². The van der Waals surface area contributed by atoms with Crippen LogP contribution in [-0.4, -0.2) is 55.1 Å². The van der Waals surface area contributed by atoms with Gasteiger partial charge in [0.1, 0.15) is 0 Å². The lowest BCUT2D eigenvalue weighted by Crippen LogP contribution is -2.45. The summed E-state index contributed by atoms with van der Waals surface area (Å²) in [5, 5.41) is 6.93. The average Bonchev–Trinajstić information content (AvgIpc) is 2.87. The van der Waals surface area contributed by atoms with Gasteiger partial charge in [-0.1, -0.05) is 30.3 Å². The van der Waals surface area contributed by atoms with Crippen LogP contribution in [0.15, 0.2) is 35.3 Å². The van der Waals surface area contributed by atoms with Crippen LogP contribution in [0.3, 0.4) is 0 Å². The number of thioether (sulfide) groups is 1. The summed E-state index contributed by atoms with van der Waals surface area (Å²) in [7, 11) is 1.84. The van der Waals surface area contributed by atoms with Crippen LogP contribution in [0.4, 0.5) is 0 Å². The first-order valence-electron chi connectivity index (χ1n) is 7.97. The van der Waals surface area contributed by atoms with Crippen LogP contribution < -0.4 is 10.6 Å². The Morgan fingerprint density at radius 3 is 2.74 bits per heavy atom.